The number of carbonyl (C=O) groups is 2. The summed E-state index contributed by atoms with van der Waals surface area (Å²) in [6, 6.07) is 8.60. The zero-order valence-corrected chi connectivity index (χ0v) is 15.8. The third kappa shape index (κ3) is 4.81. The third-order valence-electron chi connectivity index (χ3n) is 5.18. The van der Waals surface area contributed by atoms with E-state index in [2.05, 4.69) is 16.0 Å². The maximum absolute atomic E-state index is 12.6. The van der Waals surface area contributed by atoms with Crippen molar-refractivity contribution >= 4 is 11.9 Å². The topological polar surface area (TPSA) is 89.8 Å². The molecule has 0 radical (unpaired) electrons. The summed E-state index contributed by atoms with van der Waals surface area (Å²) in [5, 5.41) is 7.12. The van der Waals surface area contributed by atoms with Crippen LogP contribution in [0.3, 0.4) is 0 Å². The van der Waals surface area contributed by atoms with Crippen molar-refractivity contribution in [2.24, 2.45) is 0 Å². The summed E-state index contributed by atoms with van der Waals surface area (Å²) < 4.78 is 37.4. The van der Waals surface area contributed by atoms with E-state index in [1.165, 1.54) is 0 Å². The molecule has 2 aromatic heterocycles. The number of alkyl halides is 3. The van der Waals surface area contributed by atoms with E-state index in [9.17, 15) is 18.0 Å². The van der Waals surface area contributed by atoms with Gasteiger partial charge in [-0.3, -0.25) is 9.69 Å². The predicted molar refractivity (Wildman–Crippen MR) is 96.2 cm³/mol. The van der Waals surface area contributed by atoms with Crippen molar-refractivity contribution in [1.29, 1.82) is 0 Å². The fourth-order valence-corrected chi connectivity index (χ4v) is 3.91. The second-order valence-corrected chi connectivity index (χ2v) is 7.08. The largest absolute Gasteiger partial charge is 0.490 e. The fraction of sp³-hybridized carbons (Fsp3) is 0.474. The number of aryl methyl sites for hydroxylation is 1. The molecule has 158 valence electrons. The van der Waals surface area contributed by atoms with Gasteiger partial charge >= 0.3 is 12.1 Å². The Hall–Kier alpha value is -2.75. The number of rotatable bonds is 3. The Kier molecular flexibility index (Phi) is 6.02. The number of hydrogen-bond donors (Lipinski definition) is 2. The number of H-pyrrole nitrogens is 1. The van der Waals surface area contributed by atoms with Crippen molar-refractivity contribution in [2.45, 2.75) is 44.6 Å². The first-order valence-electron chi connectivity index (χ1n) is 9.20. The van der Waals surface area contributed by atoms with Crippen molar-refractivity contribution in [1.82, 2.24) is 14.8 Å². The van der Waals surface area contributed by atoms with E-state index >= 15 is 0 Å². The minimum atomic E-state index is -5.08. The van der Waals surface area contributed by atoms with Crippen LogP contribution in [0.25, 0.3) is 0 Å². The van der Waals surface area contributed by atoms with Gasteiger partial charge in [-0.25, -0.2) is 4.79 Å². The Morgan fingerprint density at radius 2 is 1.90 bits per heavy atom. The van der Waals surface area contributed by atoms with Gasteiger partial charge in [0.25, 0.3) is 5.91 Å². The van der Waals surface area contributed by atoms with Gasteiger partial charge in [0.15, 0.2) is 0 Å². The average Bonchev–Trinajstić information content (AvgIpc) is 3.40. The summed E-state index contributed by atoms with van der Waals surface area (Å²) in [4.78, 5) is 29.0. The molecule has 1 amide bonds. The van der Waals surface area contributed by atoms with E-state index < -0.39 is 12.1 Å². The number of carbonyl (C=O) groups excluding carboxylic acids is 1. The molecule has 4 heterocycles. The van der Waals surface area contributed by atoms with Crippen molar-refractivity contribution in [2.75, 3.05) is 13.1 Å². The van der Waals surface area contributed by atoms with E-state index in [0.717, 1.165) is 44.0 Å². The van der Waals surface area contributed by atoms with E-state index in [1.54, 1.807) is 6.20 Å². The predicted octanol–water partition coefficient (Wildman–Crippen LogP) is 3.04. The van der Waals surface area contributed by atoms with Crippen LogP contribution in [0.2, 0.25) is 0 Å². The minimum Gasteiger partial charge on any atom is -0.475 e. The van der Waals surface area contributed by atoms with Crippen LogP contribution in [0, 0.1) is 6.92 Å². The van der Waals surface area contributed by atoms with Crippen LogP contribution in [0.4, 0.5) is 13.2 Å². The van der Waals surface area contributed by atoms with Crippen LogP contribution in [0.15, 0.2) is 34.9 Å². The number of aromatic nitrogens is 1. The smallest absolute Gasteiger partial charge is 0.475 e. The maximum Gasteiger partial charge on any atom is 0.490 e. The Morgan fingerprint density at radius 1 is 1.21 bits per heavy atom. The molecular formula is C19H22F3N3O4. The second kappa shape index (κ2) is 8.32. The summed E-state index contributed by atoms with van der Waals surface area (Å²) in [6.07, 6.45) is -1.17. The van der Waals surface area contributed by atoms with E-state index in [-0.39, 0.29) is 5.91 Å². The Labute approximate surface area is 165 Å². The molecule has 2 fully saturated rings. The normalized spacial score (nSPS) is 21.6. The van der Waals surface area contributed by atoms with Crippen molar-refractivity contribution in [3.8, 4) is 0 Å². The molecular weight excluding hydrogens is 391 g/mol. The molecule has 4 rings (SSSR count). The lowest BCUT2D eigenvalue weighted by molar-refractivity contribution is -0.192. The number of halogens is 3. The number of carboxylic acid groups (broad SMARTS) is 1. The number of nitrogens with one attached hydrogen (secondary N) is 1. The van der Waals surface area contributed by atoms with Gasteiger partial charge in [-0.1, -0.05) is 0 Å². The maximum atomic E-state index is 12.6. The molecule has 2 aliphatic rings. The van der Waals surface area contributed by atoms with Gasteiger partial charge in [0.05, 0.1) is 6.54 Å². The number of hydrogen-bond acceptors (Lipinski definition) is 4. The monoisotopic (exact) mass is 413 g/mol. The van der Waals surface area contributed by atoms with Crippen LogP contribution in [0.5, 0.6) is 0 Å². The van der Waals surface area contributed by atoms with E-state index in [4.69, 9.17) is 14.3 Å². The van der Waals surface area contributed by atoms with Crippen molar-refractivity contribution < 1.29 is 32.3 Å². The quantitative estimate of drug-likeness (QED) is 0.807. The number of aliphatic carboxylic acids is 1. The number of fused-ring (bicyclic) bond motifs is 1. The summed E-state index contributed by atoms with van der Waals surface area (Å²) in [5.41, 5.74) is 0.695. The highest BCUT2D eigenvalue weighted by Gasteiger charge is 2.44. The molecule has 2 saturated heterocycles. The molecule has 2 N–H and O–H groups in total. The molecule has 29 heavy (non-hydrogen) atoms. The SMILES string of the molecule is Cc1ccc(CN2CC[C@@H]3[C@@H]2CCN3C(=O)c2ccc[nH]2)o1.O=C(O)C(F)(F)F. The number of amides is 1. The molecule has 0 spiro atoms. The standard InChI is InChI=1S/C17H21N3O2.C2HF3O2/c1-12-4-5-13(22-12)11-19-9-6-16-15(19)7-10-20(16)17(21)14-3-2-8-18-14;3-2(4,5)1(6)7/h2-5,8,15-16,18H,6-7,9-11H2,1H3;(H,6,7)/t15-,16+;/m0./s1. The van der Waals surface area contributed by atoms with Gasteiger partial charge in [0.1, 0.15) is 17.2 Å². The lowest BCUT2D eigenvalue weighted by Crippen LogP contribution is -2.39. The van der Waals surface area contributed by atoms with Crippen LogP contribution >= 0.6 is 0 Å². The number of carboxylic acids is 1. The third-order valence-corrected chi connectivity index (χ3v) is 5.18. The Balaban J connectivity index is 0.000000298. The molecule has 2 aliphatic heterocycles. The lowest BCUT2D eigenvalue weighted by atomic mass is 10.1. The van der Waals surface area contributed by atoms with Gasteiger partial charge in [-0.15, -0.1) is 0 Å². The van der Waals surface area contributed by atoms with E-state index in [1.807, 2.05) is 30.0 Å². The molecule has 0 aliphatic carbocycles. The highest BCUT2D eigenvalue weighted by atomic mass is 19.4. The van der Waals surface area contributed by atoms with Crippen LogP contribution < -0.4 is 0 Å². The Morgan fingerprint density at radius 3 is 2.45 bits per heavy atom. The molecule has 2 aromatic rings. The van der Waals surface area contributed by atoms with Gasteiger partial charge in [0, 0.05) is 31.4 Å². The second-order valence-electron chi connectivity index (χ2n) is 7.08. The number of nitrogens with zero attached hydrogens (tertiary/aromatic N) is 2. The van der Waals surface area contributed by atoms with Crippen molar-refractivity contribution in [3.05, 3.63) is 47.7 Å². The first kappa shape index (κ1) is 21.0. The van der Waals surface area contributed by atoms with Crippen LogP contribution in [-0.2, 0) is 11.3 Å². The van der Waals surface area contributed by atoms with Crippen LogP contribution in [0.1, 0.15) is 34.9 Å². The molecule has 2 atom stereocenters. The molecule has 0 saturated carbocycles. The molecule has 0 aromatic carbocycles. The first-order chi connectivity index (χ1) is 13.7. The van der Waals surface area contributed by atoms with Gasteiger partial charge in [0.2, 0.25) is 0 Å². The average molecular weight is 413 g/mol. The molecule has 7 nitrogen and oxygen atoms in total. The summed E-state index contributed by atoms with van der Waals surface area (Å²) in [6.45, 7) is 4.70. The fourth-order valence-electron chi connectivity index (χ4n) is 3.91. The Bertz CT molecular complexity index is 847. The highest BCUT2D eigenvalue weighted by Crippen LogP contribution is 2.33. The number of likely N-dealkylation sites (tertiary alicyclic amines) is 2. The minimum absolute atomic E-state index is 0.133. The van der Waals surface area contributed by atoms with Gasteiger partial charge < -0.3 is 19.4 Å². The summed E-state index contributed by atoms with van der Waals surface area (Å²) in [5.74, 6) is -0.645. The molecule has 0 bridgehead atoms. The zero-order chi connectivity index (χ0) is 21.2. The van der Waals surface area contributed by atoms with Gasteiger partial charge in [-0.2, -0.15) is 13.2 Å². The molecule has 0 unspecified atom stereocenters. The molecule has 10 heteroatoms. The first-order valence-corrected chi connectivity index (χ1v) is 9.20. The summed E-state index contributed by atoms with van der Waals surface area (Å²) in [7, 11) is 0. The zero-order valence-electron chi connectivity index (χ0n) is 15.8. The number of aromatic amines is 1. The lowest BCUT2D eigenvalue weighted by Gasteiger charge is -2.25. The van der Waals surface area contributed by atoms with E-state index in [0.29, 0.717) is 17.8 Å². The van der Waals surface area contributed by atoms with Gasteiger partial charge in [-0.05, 0) is 44.0 Å². The van der Waals surface area contributed by atoms with Crippen molar-refractivity contribution in [3.63, 3.8) is 0 Å². The highest BCUT2D eigenvalue weighted by molar-refractivity contribution is 5.93. The summed E-state index contributed by atoms with van der Waals surface area (Å²) >= 11 is 0. The number of furan rings is 1. The van der Waals surface area contributed by atoms with Crippen LogP contribution in [-0.4, -0.2) is 63.1 Å².